The van der Waals surface area contributed by atoms with Gasteiger partial charge in [0, 0.05) is 4.47 Å². The number of rotatable bonds is 3. The molecular weight excluding hydrogens is 348 g/mol. The van der Waals surface area contributed by atoms with E-state index in [9.17, 15) is 18.4 Å². The topological polar surface area (TPSA) is 66.4 Å². The average Bonchev–Trinajstić information content (AvgIpc) is 2.43. The van der Waals surface area contributed by atoms with Gasteiger partial charge in [0.05, 0.1) is 17.2 Å². The number of benzene rings is 1. The minimum atomic E-state index is -1.40. The molecule has 4 nitrogen and oxygen atoms in total. The number of hydrogen-bond donors (Lipinski definition) is 2. The lowest BCUT2D eigenvalue weighted by Crippen LogP contribution is -2.36. The molecule has 0 radical (unpaired) electrons. The summed E-state index contributed by atoms with van der Waals surface area (Å²) in [5, 5.41) is 11.5. The predicted octanol–water partition coefficient (Wildman–Crippen LogP) is 3.56. The van der Waals surface area contributed by atoms with Crippen molar-refractivity contribution in [1.29, 1.82) is 0 Å². The molecule has 0 spiro atoms. The number of halogens is 3. The van der Waals surface area contributed by atoms with Gasteiger partial charge in [0.1, 0.15) is 12.3 Å². The van der Waals surface area contributed by atoms with Crippen molar-refractivity contribution in [2.75, 3.05) is 5.32 Å². The Morgan fingerprint density at radius 1 is 1.29 bits per heavy atom. The van der Waals surface area contributed by atoms with Crippen LogP contribution in [0.3, 0.4) is 0 Å². The second kappa shape index (κ2) is 6.51. The molecule has 1 aliphatic rings. The number of anilines is 1. The van der Waals surface area contributed by atoms with E-state index in [1.807, 2.05) is 0 Å². The van der Waals surface area contributed by atoms with E-state index in [0.717, 1.165) is 0 Å². The molecule has 0 saturated heterocycles. The molecule has 1 saturated carbocycles. The summed E-state index contributed by atoms with van der Waals surface area (Å²) in [6.07, 6.45) is -2.65. The number of hydrogen-bond acceptors (Lipinski definition) is 2. The molecule has 1 amide bonds. The van der Waals surface area contributed by atoms with E-state index < -0.39 is 30.1 Å². The summed E-state index contributed by atoms with van der Waals surface area (Å²) in [7, 11) is 0. The lowest BCUT2D eigenvalue weighted by Gasteiger charge is -2.27. The van der Waals surface area contributed by atoms with Crippen LogP contribution in [0.4, 0.5) is 14.5 Å². The molecule has 2 N–H and O–H groups in total. The van der Waals surface area contributed by atoms with Crippen molar-refractivity contribution in [2.45, 2.75) is 31.6 Å². The number of nitrogens with one attached hydrogen (secondary N) is 1. The van der Waals surface area contributed by atoms with Crippen molar-refractivity contribution >= 4 is 33.5 Å². The normalized spacial score (nSPS) is 25.4. The van der Waals surface area contributed by atoms with E-state index in [2.05, 4.69) is 21.2 Å². The lowest BCUT2D eigenvalue weighted by molar-refractivity contribution is -0.123. The van der Waals surface area contributed by atoms with Crippen LogP contribution >= 0.6 is 15.9 Å². The first kappa shape index (κ1) is 15.9. The van der Waals surface area contributed by atoms with E-state index in [1.165, 1.54) is 12.1 Å². The van der Waals surface area contributed by atoms with Gasteiger partial charge < -0.3 is 10.4 Å². The summed E-state index contributed by atoms with van der Waals surface area (Å²) in [5.74, 6) is -2.98. The van der Waals surface area contributed by atoms with Crippen LogP contribution in [0.15, 0.2) is 22.7 Å². The van der Waals surface area contributed by atoms with Crippen molar-refractivity contribution in [3.05, 3.63) is 28.2 Å². The Kier molecular flexibility index (Phi) is 4.92. The van der Waals surface area contributed by atoms with Gasteiger partial charge in [0.15, 0.2) is 0 Å². The molecule has 7 heteroatoms. The minimum absolute atomic E-state index is 0.00534. The highest BCUT2D eigenvalue weighted by Crippen LogP contribution is 2.31. The highest BCUT2D eigenvalue weighted by atomic mass is 79.9. The summed E-state index contributed by atoms with van der Waals surface area (Å²) in [6.45, 7) is 0. The Balaban J connectivity index is 2.17. The minimum Gasteiger partial charge on any atom is -0.478 e. The van der Waals surface area contributed by atoms with Crippen molar-refractivity contribution in [2.24, 2.45) is 5.92 Å². The summed E-state index contributed by atoms with van der Waals surface area (Å²) in [5.41, 5.74) is -0.0374. The molecule has 0 heterocycles. The number of amides is 1. The fourth-order valence-corrected chi connectivity index (χ4v) is 2.74. The maximum Gasteiger partial charge on any atom is 0.337 e. The smallest absolute Gasteiger partial charge is 0.337 e. The number of carbonyl (C=O) groups is 2. The van der Waals surface area contributed by atoms with E-state index in [1.54, 1.807) is 6.07 Å². The molecule has 0 bridgehead atoms. The molecule has 3 atom stereocenters. The van der Waals surface area contributed by atoms with E-state index >= 15 is 0 Å². The Hall–Kier alpha value is -1.50. The third-order valence-corrected chi connectivity index (χ3v) is 4.00. The van der Waals surface area contributed by atoms with Crippen LogP contribution in [-0.2, 0) is 4.79 Å². The van der Waals surface area contributed by atoms with Gasteiger partial charge in [-0.05, 0) is 37.5 Å². The van der Waals surface area contributed by atoms with Crippen LogP contribution in [0.1, 0.15) is 29.6 Å². The van der Waals surface area contributed by atoms with Crippen LogP contribution in [-0.4, -0.2) is 29.3 Å². The number of carboxylic acids is 1. The number of aromatic carboxylic acids is 1. The average molecular weight is 362 g/mol. The Bertz CT molecular complexity index is 567. The molecule has 1 fully saturated rings. The SMILES string of the molecule is O=C(O)c1cc(Br)ccc1NC(=O)C1CC(F)CCC1F. The van der Waals surface area contributed by atoms with Crippen LogP contribution in [0.2, 0.25) is 0 Å². The summed E-state index contributed by atoms with van der Waals surface area (Å²) in [4.78, 5) is 23.2. The molecular formula is C14H14BrF2NO3. The first-order chi connectivity index (χ1) is 9.88. The molecule has 2 rings (SSSR count). The molecule has 0 aliphatic heterocycles. The fourth-order valence-electron chi connectivity index (χ4n) is 2.38. The Labute approximate surface area is 128 Å². The van der Waals surface area contributed by atoms with Crippen molar-refractivity contribution in [3.63, 3.8) is 0 Å². The molecule has 1 aromatic carbocycles. The third kappa shape index (κ3) is 3.78. The van der Waals surface area contributed by atoms with E-state index in [0.29, 0.717) is 4.47 Å². The van der Waals surface area contributed by atoms with Gasteiger partial charge in [-0.25, -0.2) is 13.6 Å². The quantitative estimate of drug-likeness (QED) is 0.864. The zero-order valence-corrected chi connectivity index (χ0v) is 12.6. The standard InChI is InChI=1S/C14H14BrF2NO3/c15-7-1-4-12(10(5-7)14(20)21)18-13(19)9-6-8(16)2-3-11(9)17/h1,4-5,8-9,11H,2-3,6H2,(H,18,19)(H,20,21). The molecule has 3 unspecified atom stereocenters. The first-order valence-corrected chi connectivity index (χ1v) is 7.29. The molecule has 21 heavy (non-hydrogen) atoms. The van der Waals surface area contributed by atoms with Gasteiger partial charge in [0.25, 0.3) is 0 Å². The number of carbonyl (C=O) groups excluding carboxylic acids is 1. The molecule has 1 aromatic rings. The second-order valence-electron chi connectivity index (χ2n) is 5.02. The van der Waals surface area contributed by atoms with Gasteiger partial charge in [-0.2, -0.15) is 0 Å². The largest absolute Gasteiger partial charge is 0.478 e. The monoisotopic (exact) mass is 361 g/mol. The van der Waals surface area contributed by atoms with Gasteiger partial charge in [-0.3, -0.25) is 4.79 Å². The molecule has 1 aliphatic carbocycles. The number of alkyl halides is 2. The van der Waals surface area contributed by atoms with E-state index in [4.69, 9.17) is 5.11 Å². The summed E-state index contributed by atoms with van der Waals surface area (Å²) < 4.78 is 27.6. The highest BCUT2D eigenvalue weighted by Gasteiger charge is 2.35. The number of carboxylic acid groups (broad SMARTS) is 1. The van der Waals surface area contributed by atoms with Crippen LogP contribution < -0.4 is 5.32 Å². The van der Waals surface area contributed by atoms with Gasteiger partial charge >= 0.3 is 5.97 Å². The van der Waals surface area contributed by atoms with E-state index in [-0.39, 0.29) is 30.5 Å². The molecule has 114 valence electrons. The first-order valence-electron chi connectivity index (χ1n) is 6.50. The van der Waals surface area contributed by atoms with Crippen LogP contribution in [0.25, 0.3) is 0 Å². The van der Waals surface area contributed by atoms with Gasteiger partial charge in [-0.1, -0.05) is 15.9 Å². The predicted molar refractivity (Wildman–Crippen MR) is 76.9 cm³/mol. The Morgan fingerprint density at radius 3 is 2.67 bits per heavy atom. The molecule has 0 aromatic heterocycles. The van der Waals surface area contributed by atoms with Crippen molar-refractivity contribution in [3.8, 4) is 0 Å². The zero-order chi connectivity index (χ0) is 15.6. The second-order valence-corrected chi connectivity index (χ2v) is 5.93. The Morgan fingerprint density at radius 2 is 2.00 bits per heavy atom. The van der Waals surface area contributed by atoms with Crippen LogP contribution in [0.5, 0.6) is 0 Å². The third-order valence-electron chi connectivity index (χ3n) is 3.51. The van der Waals surface area contributed by atoms with Gasteiger partial charge in [-0.15, -0.1) is 0 Å². The summed E-state index contributed by atoms with van der Waals surface area (Å²) >= 11 is 3.14. The van der Waals surface area contributed by atoms with Crippen molar-refractivity contribution in [1.82, 2.24) is 0 Å². The maximum atomic E-state index is 13.7. The van der Waals surface area contributed by atoms with Crippen LogP contribution in [0, 0.1) is 5.92 Å². The lowest BCUT2D eigenvalue weighted by atomic mass is 9.85. The zero-order valence-electron chi connectivity index (χ0n) is 11.0. The van der Waals surface area contributed by atoms with Crippen molar-refractivity contribution < 1.29 is 23.5 Å². The highest BCUT2D eigenvalue weighted by molar-refractivity contribution is 9.10. The van der Waals surface area contributed by atoms with Gasteiger partial charge in [0.2, 0.25) is 5.91 Å². The fraction of sp³-hybridized carbons (Fsp3) is 0.429. The maximum absolute atomic E-state index is 13.7. The summed E-state index contributed by atoms with van der Waals surface area (Å²) in [6, 6.07) is 4.31.